The fraction of sp³-hybridized carbons (Fsp3) is 0.188. The zero-order chi connectivity index (χ0) is 16.8. The molecule has 0 aliphatic carbocycles. The van der Waals surface area contributed by atoms with Crippen molar-refractivity contribution in [1.82, 2.24) is 0 Å². The van der Waals surface area contributed by atoms with E-state index in [2.05, 4.69) is 0 Å². The minimum atomic E-state index is -0.994. The molecule has 0 aliphatic heterocycles. The normalized spacial score (nSPS) is 11.7. The lowest BCUT2D eigenvalue weighted by Crippen LogP contribution is -2.34. The molecule has 0 aliphatic rings. The average Bonchev–Trinajstić information content (AvgIpc) is 2.53. The van der Waals surface area contributed by atoms with Crippen molar-refractivity contribution in [3.63, 3.8) is 0 Å². The van der Waals surface area contributed by atoms with Crippen LogP contribution in [0.25, 0.3) is 0 Å². The van der Waals surface area contributed by atoms with Crippen molar-refractivity contribution < 1.29 is 19.0 Å². The van der Waals surface area contributed by atoms with Gasteiger partial charge in [0.1, 0.15) is 18.1 Å². The Morgan fingerprint density at radius 1 is 1.04 bits per heavy atom. The van der Waals surface area contributed by atoms with Crippen LogP contribution < -0.4 is 9.47 Å². The summed E-state index contributed by atoms with van der Waals surface area (Å²) in [6.07, 6.45) is -0.994. The van der Waals surface area contributed by atoms with E-state index < -0.39 is 12.1 Å². The van der Waals surface area contributed by atoms with E-state index >= 15 is 0 Å². The Bertz CT molecular complexity index is 691. The second kappa shape index (κ2) is 8.29. The SMILES string of the molecule is COC(=O)C(COc1ccc(Cl)cc1Cl)Oc1ccccc1Cl. The first-order valence-electron chi connectivity index (χ1n) is 6.58. The molecule has 122 valence electrons. The van der Waals surface area contributed by atoms with E-state index in [1.165, 1.54) is 7.11 Å². The standard InChI is InChI=1S/C16H13Cl3O4/c1-21-16(20)15(23-14-5-3-2-4-11(14)18)9-22-13-7-6-10(17)8-12(13)19/h2-8,15H,9H2,1H3. The third-order valence-electron chi connectivity index (χ3n) is 2.85. The molecule has 1 atom stereocenters. The van der Waals surface area contributed by atoms with Gasteiger partial charge in [-0.25, -0.2) is 4.79 Å². The van der Waals surface area contributed by atoms with E-state index in [1.54, 1.807) is 42.5 Å². The quantitative estimate of drug-likeness (QED) is 0.690. The minimum absolute atomic E-state index is 0.0980. The lowest BCUT2D eigenvalue weighted by molar-refractivity contribution is -0.150. The van der Waals surface area contributed by atoms with Crippen LogP contribution in [0.4, 0.5) is 0 Å². The largest absolute Gasteiger partial charge is 0.488 e. The van der Waals surface area contributed by atoms with E-state index in [0.29, 0.717) is 26.6 Å². The number of carbonyl (C=O) groups excluding carboxylic acids is 1. The van der Waals surface area contributed by atoms with Crippen LogP contribution >= 0.6 is 34.8 Å². The third-order valence-corrected chi connectivity index (χ3v) is 3.70. The van der Waals surface area contributed by atoms with Crippen LogP contribution in [0.3, 0.4) is 0 Å². The summed E-state index contributed by atoms with van der Waals surface area (Å²) in [5.74, 6) is 0.151. The maximum atomic E-state index is 11.9. The van der Waals surface area contributed by atoms with Crippen molar-refractivity contribution >= 4 is 40.8 Å². The molecule has 2 rings (SSSR count). The van der Waals surface area contributed by atoms with Gasteiger partial charge in [-0.3, -0.25) is 0 Å². The Balaban J connectivity index is 2.10. The first-order chi connectivity index (χ1) is 11.0. The van der Waals surface area contributed by atoms with Crippen LogP contribution in [0, 0.1) is 0 Å². The smallest absolute Gasteiger partial charge is 0.350 e. The molecular formula is C16H13Cl3O4. The van der Waals surface area contributed by atoms with Crippen LogP contribution in [0.5, 0.6) is 11.5 Å². The molecule has 0 bridgehead atoms. The zero-order valence-electron chi connectivity index (χ0n) is 12.1. The van der Waals surface area contributed by atoms with Gasteiger partial charge >= 0.3 is 5.97 Å². The Morgan fingerprint density at radius 2 is 1.78 bits per heavy atom. The molecule has 2 aromatic carbocycles. The van der Waals surface area contributed by atoms with Crippen LogP contribution in [-0.4, -0.2) is 25.8 Å². The van der Waals surface area contributed by atoms with Gasteiger partial charge in [-0.2, -0.15) is 0 Å². The number of carbonyl (C=O) groups is 1. The van der Waals surface area contributed by atoms with Gasteiger partial charge in [-0.05, 0) is 30.3 Å². The summed E-state index contributed by atoms with van der Waals surface area (Å²) in [6, 6.07) is 11.6. The first-order valence-corrected chi connectivity index (χ1v) is 7.71. The van der Waals surface area contributed by atoms with Crippen LogP contribution in [0.1, 0.15) is 0 Å². The predicted octanol–water partition coefficient (Wildman–Crippen LogP) is 4.65. The number of methoxy groups -OCH3 is 1. The Labute approximate surface area is 148 Å². The monoisotopic (exact) mass is 374 g/mol. The molecule has 0 amide bonds. The number of hydrogen-bond donors (Lipinski definition) is 0. The first kappa shape index (κ1) is 17.7. The number of ether oxygens (including phenoxy) is 3. The van der Waals surface area contributed by atoms with Gasteiger partial charge < -0.3 is 14.2 Å². The molecular weight excluding hydrogens is 363 g/mol. The molecule has 1 unspecified atom stereocenters. The van der Waals surface area contributed by atoms with E-state index in [9.17, 15) is 4.79 Å². The van der Waals surface area contributed by atoms with Gasteiger partial charge in [0.05, 0.1) is 17.2 Å². The van der Waals surface area contributed by atoms with E-state index in [1.807, 2.05) is 0 Å². The molecule has 0 heterocycles. The number of halogens is 3. The van der Waals surface area contributed by atoms with Crippen LogP contribution in [0.15, 0.2) is 42.5 Å². The van der Waals surface area contributed by atoms with Crippen molar-refractivity contribution in [3.05, 3.63) is 57.5 Å². The Morgan fingerprint density at radius 3 is 2.43 bits per heavy atom. The van der Waals surface area contributed by atoms with Crippen molar-refractivity contribution in [2.24, 2.45) is 0 Å². The fourth-order valence-corrected chi connectivity index (χ4v) is 2.38. The molecule has 7 heteroatoms. The van der Waals surface area contributed by atoms with Gasteiger partial charge in [0, 0.05) is 5.02 Å². The lowest BCUT2D eigenvalue weighted by atomic mass is 10.3. The summed E-state index contributed by atoms with van der Waals surface area (Å²) in [5.41, 5.74) is 0. The number of para-hydroxylation sites is 1. The molecule has 0 radical (unpaired) electrons. The molecule has 0 aromatic heterocycles. The molecule has 2 aromatic rings. The average molecular weight is 376 g/mol. The van der Waals surface area contributed by atoms with E-state index in [-0.39, 0.29) is 6.61 Å². The van der Waals surface area contributed by atoms with Gasteiger partial charge in [0.15, 0.2) is 0 Å². The molecule has 0 fully saturated rings. The summed E-state index contributed by atoms with van der Waals surface area (Å²) < 4.78 is 15.8. The second-order valence-corrected chi connectivity index (χ2v) is 5.70. The highest BCUT2D eigenvalue weighted by Gasteiger charge is 2.23. The summed E-state index contributed by atoms with van der Waals surface area (Å²) in [7, 11) is 1.26. The highest BCUT2D eigenvalue weighted by atomic mass is 35.5. The van der Waals surface area contributed by atoms with Crippen molar-refractivity contribution in [2.75, 3.05) is 13.7 Å². The molecule has 0 saturated carbocycles. The number of hydrogen-bond acceptors (Lipinski definition) is 4. The van der Waals surface area contributed by atoms with Crippen molar-refractivity contribution in [3.8, 4) is 11.5 Å². The molecule has 23 heavy (non-hydrogen) atoms. The van der Waals surface area contributed by atoms with Gasteiger partial charge in [0.25, 0.3) is 0 Å². The third kappa shape index (κ3) is 4.93. The highest BCUT2D eigenvalue weighted by Crippen LogP contribution is 2.28. The molecule has 0 N–H and O–H groups in total. The summed E-state index contributed by atoms with van der Waals surface area (Å²) in [5, 5.41) is 1.20. The Kier molecular flexibility index (Phi) is 6.39. The summed E-state index contributed by atoms with van der Waals surface area (Å²) in [4.78, 5) is 11.9. The second-order valence-electron chi connectivity index (χ2n) is 4.45. The minimum Gasteiger partial charge on any atom is -0.488 e. The number of rotatable bonds is 6. The van der Waals surface area contributed by atoms with Crippen LogP contribution in [-0.2, 0) is 9.53 Å². The van der Waals surface area contributed by atoms with Crippen molar-refractivity contribution in [1.29, 1.82) is 0 Å². The maximum Gasteiger partial charge on any atom is 0.350 e. The molecule has 0 spiro atoms. The van der Waals surface area contributed by atoms with Gasteiger partial charge in [-0.1, -0.05) is 46.9 Å². The Hall–Kier alpha value is -1.62. The predicted molar refractivity (Wildman–Crippen MR) is 89.8 cm³/mol. The van der Waals surface area contributed by atoms with Gasteiger partial charge in [-0.15, -0.1) is 0 Å². The topological polar surface area (TPSA) is 44.8 Å². The molecule has 4 nitrogen and oxygen atoms in total. The van der Waals surface area contributed by atoms with E-state index in [4.69, 9.17) is 49.0 Å². The van der Waals surface area contributed by atoms with Crippen molar-refractivity contribution in [2.45, 2.75) is 6.10 Å². The van der Waals surface area contributed by atoms with Crippen LogP contribution in [0.2, 0.25) is 15.1 Å². The summed E-state index contributed by atoms with van der Waals surface area (Å²) >= 11 is 17.9. The number of benzene rings is 2. The molecule has 0 saturated heterocycles. The van der Waals surface area contributed by atoms with Gasteiger partial charge in [0.2, 0.25) is 6.10 Å². The summed E-state index contributed by atoms with van der Waals surface area (Å²) in [6.45, 7) is -0.0980. The fourth-order valence-electron chi connectivity index (χ4n) is 1.73. The lowest BCUT2D eigenvalue weighted by Gasteiger charge is -2.18. The highest BCUT2D eigenvalue weighted by molar-refractivity contribution is 6.35. The number of esters is 1. The van der Waals surface area contributed by atoms with E-state index in [0.717, 1.165) is 0 Å². The zero-order valence-corrected chi connectivity index (χ0v) is 14.4. The maximum absolute atomic E-state index is 11.9.